The van der Waals surface area contributed by atoms with Crippen LogP contribution in [0.3, 0.4) is 0 Å². The molecule has 4 rings (SSSR count). The average molecular weight is 372 g/mol. The van der Waals surface area contributed by atoms with Gasteiger partial charge < -0.3 is 0 Å². The minimum absolute atomic E-state index is 0.257. The quantitative estimate of drug-likeness (QED) is 0.374. The van der Waals surface area contributed by atoms with Gasteiger partial charge in [-0.2, -0.15) is 0 Å². The van der Waals surface area contributed by atoms with Gasteiger partial charge in [0.2, 0.25) is 0 Å². The summed E-state index contributed by atoms with van der Waals surface area (Å²) in [6.07, 6.45) is 0. The van der Waals surface area contributed by atoms with Gasteiger partial charge in [0.25, 0.3) is 0 Å². The molecule has 0 aliphatic rings. The van der Waals surface area contributed by atoms with E-state index in [0.717, 1.165) is 16.7 Å². The molecule has 0 aliphatic heterocycles. The van der Waals surface area contributed by atoms with Crippen LogP contribution in [0.15, 0.2) is 66.7 Å². The second-order valence-electron chi connectivity index (χ2n) is 7.83. The van der Waals surface area contributed by atoms with Crippen LogP contribution in [0.5, 0.6) is 0 Å². The van der Waals surface area contributed by atoms with Crippen LogP contribution < -0.4 is 0 Å². The summed E-state index contributed by atoms with van der Waals surface area (Å²) in [6.45, 7) is 8.80. The van der Waals surface area contributed by atoms with Crippen LogP contribution in [-0.4, -0.2) is 9.55 Å². The topological polar surface area (TPSA) is 17.8 Å². The molecule has 4 aromatic rings. The third-order valence-corrected chi connectivity index (χ3v) is 5.24. The van der Waals surface area contributed by atoms with E-state index < -0.39 is 0 Å². The Balaban J connectivity index is 2.16. The van der Waals surface area contributed by atoms with Crippen molar-refractivity contribution < 1.29 is 4.39 Å². The summed E-state index contributed by atoms with van der Waals surface area (Å²) in [5, 5.41) is 0. The highest BCUT2D eigenvalue weighted by Crippen LogP contribution is 2.37. The Kier molecular flexibility index (Phi) is 4.76. The molecule has 142 valence electrons. The lowest BCUT2D eigenvalue weighted by Gasteiger charge is -2.22. The Morgan fingerprint density at radius 2 is 1.36 bits per heavy atom. The van der Waals surface area contributed by atoms with Crippen molar-refractivity contribution in [1.29, 1.82) is 0 Å². The number of hydrogen-bond acceptors (Lipinski definition) is 1. The Labute approximate surface area is 165 Å². The summed E-state index contributed by atoms with van der Waals surface area (Å²) in [4.78, 5) is 4.84. The molecule has 0 unspecified atom stereocenters. The number of rotatable bonds is 4. The van der Waals surface area contributed by atoms with Gasteiger partial charge in [0, 0.05) is 0 Å². The van der Waals surface area contributed by atoms with Crippen LogP contribution in [0.25, 0.3) is 28.1 Å². The number of nitrogens with zero attached hydrogens (tertiary/aromatic N) is 2. The van der Waals surface area contributed by atoms with E-state index in [1.54, 1.807) is 12.1 Å². The fraction of sp³-hybridized carbons (Fsp3) is 0.240. The highest BCUT2D eigenvalue weighted by atomic mass is 19.1. The van der Waals surface area contributed by atoms with Gasteiger partial charge in [0.15, 0.2) is 0 Å². The Bertz CT molecular complexity index is 1110. The first-order chi connectivity index (χ1) is 13.5. The van der Waals surface area contributed by atoms with Crippen LogP contribution in [0.2, 0.25) is 0 Å². The van der Waals surface area contributed by atoms with Gasteiger partial charge in [-0.1, -0.05) is 70.2 Å². The minimum Gasteiger partial charge on any atom is -0.292 e. The number of benzene rings is 3. The molecule has 0 spiro atoms. The largest absolute Gasteiger partial charge is 0.292 e. The molecule has 3 aromatic carbocycles. The zero-order chi connectivity index (χ0) is 19.8. The van der Waals surface area contributed by atoms with Crippen LogP contribution in [0.1, 0.15) is 50.7 Å². The van der Waals surface area contributed by atoms with Crippen molar-refractivity contribution >= 4 is 11.0 Å². The summed E-state index contributed by atoms with van der Waals surface area (Å²) in [5.41, 5.74) is 6.00. The first-order valence-corrected chi connectivity index (χ1v) is 9.84. The van der Waals surface area contributed by atoms with Gasteiger partial charge in [0.05, 0.1) is 22.3 Å². The number of hydrogen-bond donors (Lipinski definition) is 0. The van der Waals surface area contributed by atoms with Gasteiger partial charge in [-0.05, 0) is 47.2 Å². The van der Waals surface area contributed by atoms with Crippen LogP contribution >= 0.6 is 0 Å². The summed E-state index contributed by atoms with van der Waals surface area (Å²) in [6, 6.07) is 21.4. The maximum absolute atomic E-state index is 14.8. The summed E-state index contributed by atoms with van der Waals surface area (Å²) < 4.78 is 16.9. The first kappa shape index (κ1) is 18.4. The van der Waals surface area contributed by atoms with Crippen molar-refractivity contribution in [2.75, 3.05) is 0 Å². The molecular formula is C25H25FN2. The molecule has 0 atom stereocenters. The van der Waals surface area contributed by atoms with Gasteiger partial charge in [-0.25, -0.2) is 9.37 Å². The lowest BCUT2D eigenvalue weighted by Crippen LogP contribution is -2.09. The third kappa shape index (κ3) is 3.01. The first-order valence-electron chi connectivity index (χ1n) is 9.84. The summed E-state index contributed by atoms with van der Waals surface area (Å²) in [5.74, 6) is 1.06. The molecular weight excluding hydrogens is 347 g/mol. The Hall–Kier alpha value is -2.94. The Morgan fingerprint density at radius 1 is 0.750 bits per heavy atom. The smallest absolute Gasteiger partial charge is 0.148 e. The molecule has 3 heteroatoms. The number of para-hydroxylation sites is 3. The predicted molar refractivity (Wildman–Crippen MR) is 115 cm³/mol. The number of fused-ring (bicyclic) bond motifs is 1. The number of imidazole rings is 1. The van der Waals surface area contributed by atoms with E-state index in [9.17, 15) is 4.39 Å². The van der Waals surface area contributed by atoms with Crippen molar-refractivity contribution in [2.24, 2.45) is 0 Å². The molecule has 0 saturated carbocycles. The van der Waals surface area contributed by atoms with E-state index in [1.807, 2.05) is 24.3 Å². The average Bonchev–Trinajstić information content (AvgIpc) is 3.06. The number of halogens is 1. The molecule has 1 heterocycles. The van der Waals surface area contributed by atoms with Crippen molar-refractivity contribution in [3.05, 3.63) is 83.7 Å². The van der Waals surface area contributed by atoms with E-state index in [2.05, 4.69) is 56.5 Å². The van der Waals surface area contributed by atoms with E-state index in [1.165, 1.54) is 17.2 Å². The zero-order valence-corrected chi connectivity index (χ0v) is 16.8. The molecule has 0 fully saturated rings. The zero-order valence-electron chi connectivity index (χ0n) is 16.8. The molecule has 1 aromatic heterocycles. The SMILES string of the molecule is CC(C)c1cccc(C(C)C)c1-n1c(-c2ccccc2F)nc2ccccc21. The normalized spacial score (nSPS) is 11.7. The predicted octanol–water partition coefficient (Wildman–Crippen LogP) is 7.08. The van der Waals surface area contributed by atoms with Crippen molar-refractivity contribution in [2.45, 2.75) is 39.5 Å². The second-order valence-corrected chi connectivity index (χ2v) is 7.83. The maximum Gasteiger partial charge on any atom is 0.148 e. The summed E-state index contributed by atoms with van der Waals surface area (Å²) in [7, 11) is 0. The molecule has 0 radical (unpaired) electrons. The molecule has 0 aliphatic carbocycles. The number of aromatic nitrogens is 2. The van der Waals surface area contributed by atoms with Gasteiger partial charge in [-0.3, -0.25) is 4.57 Å². The third-order valence-electron chi connectivity index (χ3n) is 5.24. The van der Waals surface area contributed by atoms with Crippen LogP contribution in [-0.2, 0) is 0 Å². The molecule has 28 heavy (non-hydrogen) atoms. The monoisotopic (exact) mass is 372 g/mol. The summed E-state index contributed by atoms with van der Waals surface area (Å²) >= 11 is 0. The molecule has 0 N–H and O–H groups in total. The molecule has 0 amide bonds. The van der Waals surface area contributed by atoms with Gasteiger partial charge >= 0.3 is 0 Å². The highest BCUT2D eigenvalue weighted by molar-refractivity contribution is 5.84. The van der Waals surface area contributed by atoms with E-state index in [4.69, 9.17) is 4.98 Å². The van der Waals surface area contributed by atoms with Gasteiger partial charge in [0.1, 0.15) is 11.6 Å². The van der Waals surface area contributed by atoms with Crippen molar-refractivity contribution in [3.8, 4) is 17.1 Å². The second kappa shape index (κ2) is 7.23. The van der Waals surface area contributed by atoms with E-state index in [-0.39, 0.29) is 5.82 Å². The van der Waals surface area contributed by atoms with Crippen LogP contribution in [0, 0.1) is 5.82 Å². The van der Waals surface area contributed by atoms with E-state index >= 15 is 0 Å². The van der Waals surface area contributed by atoms with Crippen molar-refractivity contribution in [1.82, 2.24) is 9.55 Å². The highest BCUT2D eigenvalue weighted by Gasteiger charge is 2.22. The standard InChI is InChI=1S/C25H25FN2/c1-16(2)18-11-9-12-19(17(3)4)24(18)28-23-15-8-7-14-22(23)27-25(28)20-10-5-6-13-21(20)26/h5-17H,1-4H3. The lowest BCUT2D eigenvalue weighted by atomic mass is 9.92. The van der Waals surface area contributed by atoms with E-state index in [0.29, 0.717) is 23.2 Å². The molecule has 0 bridgehead atoms. The van der Waals surface area contributed by atoms with Crippen LogP contribution in [0.4, 0.5) is 4.39 Å². The minimum atomic E-state index is -0.257. The van der Waals surface area contributed by atoms with Gasteiger partial charge in [-0.15, -0.1) is 0 Å². The maximum atomic E-state index is 14.8. The molecule has 2 nitrogen and oxygen atoms in total. The van der Waals surface area contributed by atoms with Crippen molar-refractivity contribution in [3.63, 3.8) is 0 Å². The molecule has 0 saturated heterocycles. The fourth-order valence-electron chi connectivity index (χ4n) is 3.85. The lowest BCUT2D eigenvalue weighted by molar-refractivity contribution is 0.629. The fourth-order valence-corrected chi connectivity index (χ4v) is 3.85. The Morgan fingerprint density at radius 3 is 2.00 bits per heavy atom.